The first kappa shape index (κ1) is 15.5. The Labute approximate surface area is 144 Å². The highest BCUT2D eigenvalue weighted by molar-refractivity contribution is 5.76. The lowest BCUT2D eigenvalue weighted by atomic mass is 10.1. The van der Waals surface area contributed by atoms with Crippen LogP contribution in [0.3, 0.4) is 0 Å². The number of pyridine rings is 1. The van der Waals surface area contributed by atoms with Crippen molar-refractivity contribution in [2.75, 3.05) is 13.1 Å². The normalized spacial score (nSPS) is 17.2. The predicted molar refractivity (Wildman–Crippen MR) is 88.4 cm³/mol. The number of aromatic nitrogens is 5. The van der Waals surface area contributed by atoms with E-state index in [1.165, 1.54) is 0 Å². The van der Waals surface area contributed by atoms with Gasteiger partial charge in [0.15, 0.2) is 0 Å². The Morgan fingerprint density at radius 3 is 2.92 bits per heavy atom. The number of carbonyl (C=O) groups is 1. The zero-order valence-electron chi connectivity index (χ0n) is 13.9. The van der Waals surface area contributed by atoms with Gasteiger partial charge in [-0.3, -0.25) is 9.78 Å². The van der Waals surface area contributed by atoms with E-state index in [4.69, 9.17) is 4.52 Å². The Balaban J connectivity index is 1.42. The van der Waals surface area contributed by atoms with Crippen LogP contribution >= 0.6 is 0 Å². The Morgan fingerprint density at radius 1 is 1.32 bits per heavy atom. The van der Waals surface area contributed by atoms with Crippen molar-refractivity contribution in [1.82, 2.24) is 29.6 Å². The molecule has 4 heterocycles. The van der Waals surface area contributed by atoms with Crippen molar-refractivity contribution in [3.8, 4) is 11.4 Å². The number of carbonyl (C=O) groups excluding carboxylic acids is 1. The van der Waals surface area contributed by atoms with Gasteiger partial charge in [-0.1, -0.05) is 5.16 Å². The molecular weight excluding hydrogens is 320 g/mol. The minimum absolute atomic E-state index is 0.0796. The van der Waals surface area contributed by atoms with Crippen LogP contribution < -0.4 is 0 Å². The molecule has 1 atom stereocenters. The van der Waals surface area contributed by atoms with Crippen molar-refractivity contribution in [1.29, 1.82) is 0 Å². The Kier molecular flexibility index (Phi) is 4.01. The van der Waals surface area contributed by atoms with E-state index >= 15 is 0 Å². The van der Waals surface area contributed by atoms with E-state index in [1.54, 1.807) is 18.6 Å². The van der Waals surface area contributed by atoms with E-state index in [9.17, 15) is 4.79 Å². The van der Waals surface area contributed by atoms with Crippen LogP contribution in [0.1, 0.15) is 24.1 Å². The van der Waals surface area contributed by atoms with Crippen LogP contribution in [-0.4, -0.2) is 48.6 Å². The average Bonchev–Trinajstić information content (AvgIpc) is 3.36. The summed E-state index contributed by atoms with van der Waals surface area (Å²) >= 11 is 0. The van der Waals surface area contributed by atoms with Gasteiger partial charge in [-0.15, -0.1) is 0 Å². The first-order chi connectivity index (χ1) is 12.2. The van der Waals surface area contributed by atoms with Gasteiger partial charge < -0.3 is 14.0 Å². The summed E-state index contributed by atoms with van der Waals surface area (Å²) in [6, 6.07) is 3.68. The fourth-order valence-corrected chi connectivity index (χ4v) is 3.02. The standard InChI is InChI=1S/C17H18N6O2/c1-12-19-7-9-22(12)11-15(24)23-8-4-14(10-23)17-20-16(21-25-17)13-2-5-18-6-3-13/h2-3,5-7,9,14H,4,8,10-11H2,1H3. The van der Waals surface area contributed by atoms with E-state index in [0.717, 1.165) is 17.8 Å². The third-order valence-electron chi connectivity index (χ3n) is 4.50. The molecule has 3 aromatic rings. The summed E-state index contributed by atoms with van der Waals surface area (Å²) in [7, 11) is 0. The van der Waals surface area contributed by atoms with E-state index < -0.39 is 0 Å². The molecular formula is C17H18N6O2. The number of rotatable bonds is 4. The summed E-state index contributed by atoms with van der Waals surface area (Å²) in [6.07, 6.45) is 7.74. The molecule has 0 aliphatic carbocycles. The van der Waals surface area contributed by atoms with Crippen LogP contribution in [0, 0.1) is 6.92 Å². The lowest BCUT2D eigenvalue weighted by Gasteiger charge is -2.16. The number of likely N-dealkylation sites (tertiary alicyclic amines) is 1. The maximum Gasteiger partial charge on any atom is 0.242 e. The van der Waals surface area contributed by atoms with Crippen LogP contribution in [0.15, 0.2) is 41.4 Å². The molecule has 8 nitrogen and oxygen atoms in total. The molecule has 0 radical (unpaired) electrons. The molecule has 3 aromatic heterocycles. The van der Waals surface area contributed by atoms with E-state index in [-0.39, 0.29) is 11.8 Å². The van der Waals surface area contributed by atoms with Crippen molar-refractivity contribution in [3.05, 3.63) is 48.6 Å². The number of hydrogen-bond donors (Lipinski definition) is 0. The summed E-state index contributed by atoms with van der Waals surface area (Å²) in [5.74, 6) is 2.13. The van der Waals surface area contributed by atoms with Gasteiger partial charge in [0.2, 0.25) is 17.6 Å². The second-order valence-electron chi connectivity index (χ2n) is 6.12. The lowest BCUT2D eigenvalue weighted by Crippen LogP contribution is -2.31. The molecule has 1 unspecified atom stereocenters. The van der Waals surface area contributed by atoms with Crippen LogP contribution in [0.2, 0.25) is 0 Å². The van der Waals surface area contributed by atoms with E-state index in [2.05, 4.69) is 20.1 Å². The molecule has 25 heavy (non-hydrogen) atoms. The van der Waals surface area contributed by atoms with Gasteiger partial charge >= 0.3 is 0 Å². The molecule has 0 aromatic carbocycles. The van der Waals surface area contributed by atoms with Gasteiger partial charge in [-0.05, 0) is 25.5 Å². The monoisotopic (exact) mass is 338 g/mol. The Hall–Kier alpha value is -3.03. The molecule has 0 spiro atoms. The van der Waals surface area contributed by atoms with Gasteiger partial charge in [-0.25, -0.2) is 4.98 Å². The molecule has 128 valence electrons. The third kappa shape index (κ3) is 3.15. The largest absolute Gasteiger partial charge is 0.340 e. The summed E-state index contributed by atoms with van der Waals surface area (Å²) in [6.45, 7) is 3.50. The summed E-state index contributed by atoms with van der Waals surface area (Å²) in [4.78, 5) is 26.9. The lowest BCUT2D eigenvalue weighted by molar-refractivity contribution is -0.130. The topological polar surface area (TPSA) is 89.9 Å². The molecule has 1 saturated heterocycles. The average molecular weight is 338 g/mol. The smallest absolute Gasteiger partial charge is 0.242 e. The molecule has 8 heteroatoms. The highest BCUT2D eigenvalue weighted by atomic mass is 16.5. The zero-order chi connectivity index (χ0) is 17.2. The molecule has 4 rings (SSSR count). The second-order valence-corrected chi connectivity index (χ2v) is 6.12. The quantitative estimate of drug-likeness (QED) is 0.718. The predicted octanol–water partition coefficient (Wildman–Crippen LogP) is 1.65. The van der Waals surface area contributed by atoms with Crippen molar-refractivity contribution in [2.24, 2.45) is 0 Å². The highest BCUT2D eigenvalue weighted by Gasteiger charge is 2.31. The van der Waals surface area contributed by atoms with Crippen LogP contribution in [-0.2, 0) is 11.3 Å². The molecule has 0 saturated carbocycles. The molecule has 1 aliphatic heterocycles. The molecule has 1 fully saturated rings. The summed E-state index contributed by atoms with van der Waals surface area (Å²) in [5, 5.41) is 4.04. The third-order valence-corrected chi connectivity index (χ3v) is 4.50. The minimum atomic E-state index is 0.0796. The van der Waals surface area contributed by atoms with Crippen molar-refractivity contribution in [3.63, 3.8) is 0 Å². The number of nitrogens with zero attached hydrogens (tertiary/aromatic N) is 6. The molecule has 1 amide bonds. The summed E-state index contributed by atoms with van der Waals surface area (Å²) in [5.41, 5.74) is 0.867. The van der Waals surface area contributed by atoms with Gasteiger partial charge in [0.05, 0.1) is 5.92 Å². The van der Waals surface area contributed by atoms with Gasteiger partial charge in [-0.2, -0.15) is 4.98 Å². The summed E-state index contributed by atoms with van der Waals surface area (Å²) < 4.78 is 7.27. The van der Waals surface area contributed by atoms with E-state index in [0.29, 0.717) is 31.3 Å². The van der Waals surface area contributed by atoms with Crippen LogP contribution in [0.5, 0.6) is 0 Å². The van der Waals surface area contributed by atoms with Crippen LogP contribution in [0.4, 0.5) is 0 Å². The van der Waals surface area contributed by atoms with Gasteiger partial charge in [0, 0.05) is 43.4 Å². The van der Waals surface area contributed by atoms with Crippen molar-refractivity contribution < 1.29 is 9.32 Å². The van der Waals surface area contributed by atoms with Crippen LogP contribution in [0.25, 0.3) is 11.4 Å². The maximum atomic E-state index is 12.5. The SMILES string of the molecule is Cc1nccn1CC(=O)N1CCC(c2nc(-c3ccncc3)no2)C1. The second kappa shape index (κ2) is 6.46. The Morgan fingerprint density at radius 2 is 2.16 bits per heavy atom. The molecule has 0 bridgehead atoms. The van der Waals surface area contributed by atoms with Gasteiger partial charge in [0.25, 0.3) is 0 Å². The first-order valence-electron chi connectivity index (χ1n) is 8.20. The molecule has 1 aliphatic rings. The molecule has 0 N–H and O–H groups in total. The fraction of sp³-hybridized carbons (Fsp3) is 0.353. The Bertz CT molecular complexity index is 872. The fourth-order valence-electron chi connectivity index (χ4n) is 3.02. The number of amides is 1. The number of hydrogen-bond acceptors (Lipinski definition) is 6. The van der Waals surface area contributed by atoms with E-state index in [1.807, 2.05) is 34.7 Å². The zero-order valence-corrected chi connectivity index (χ0v) is 13.9. The highest BCUT2D eigenvalue weighted by Crippen LogP contribution is 2.27. The maximum absolute atomic E-state index is 12.5. The number of aryl methyl sites for hydroxylation is 1. The number of imidazole rings is 1. The van der Waals surface area contributed by atoms with Crippen molar-refractivity contribution >= 4 is 5.91 Å². The first-order valence-corrected chi connectivity index (χ1v) is 8.20. The van der Waals surface area contributed by atoms with Gasteiger partial charge in [0.1, 0.15) is 12.4 Å². The van der Waals surface area contributed by atoms with Crippen molar-refractivity contribution in [2.45, 2.75) is 25.8 Å². The minimum Gasteiger partial charge on any atom is -0.340 e.